The fourth-order valence-electron chi connectivity index (χ4n) is 2.99. The number of hydrogen-bond donors (Lipinski definition) is 1. The van der Waals surface area contributed by atoms with E-state index in [0.717, 1.165) is 22.6 Å². The summed E-state index contributed by atoms with van der Waals surface area (Å²) in [5.41, 5.74) is 1.92. The molecule has 0 aromatic heterocycles. The van der Waals surface area contributed by atoms with E-state index >= 15 is 0 Å². The van der Waals surface area contributed by atoms with Crippen LogP contribution in [0, 0.1) is 0 Å². The van der Waals surface area contributed by atoms with E-state index < -0.39 is 6.04 Å². The molecule has 0 radical (unpaired) electrons. The molecule has 0 bridgehead atoms. The van der Waals surface area contributed by atoms with Gasteiger partial charge in [0.05, 0.1) is 20.8 Å². The van der Waals surface area contributed by atoms with Crippen LogP contribution in [0.5, 0.6) is 11.5 Å². The molecule has 1 saturated heterocycles. The number of nitrogens with zero attached hydrogens (tertiary/aromatic N) is 1. The molecule has 1 unspecified atom stereocenters. The van der Waals surface area contributed by atoms with Crippen LogP contribution in [0.2, 0.25) is 0 Å². The summed E-state index contributed by atoms with van der Waals surface area (Å²) in [5, 5.41) is 2.80. The number of amides is 2. The highest BCUT2D eigenvalue weighted by molar-refractivity contribution is 5.95. The maximum Gasteiger partial charge on any atom is 0.246 e. The molecule has 0 spiro atoms. The minimum Gasteiger partial charge on any atom is -0.497 e. The second-order valence-electron chi connectivity index (χ2n) is 6.21. The van der Waals surface area contributed by atoms with Crippen molar-refractivity contribution in [3.8, 4) is 11.5 Å². The number of ether oxygens (including phenoxy) is 2. The molecule has 1 aliphatic heterocycles. The number of hydrogen-bond acceptors (Lipinski definition) is 4. The highest BCUT2D eigenvalue weighted by atomic mass is 16.5. The summed E-state index contributed by atoms with van der Waals surface area (Å²) in [5.74, 6) is 1.30. The summed E-state index contributed by atoms with van der Waals surface area (Å²) in [6, 6.07) is 14.4. The molecule has 1 aliphatic rings. The fraction of sp³-hybridized carbons (Fsp3) is 0.300. The van der Waals surface area contributed by atoms with Crippen molar-refractivity contribution in [2.45, 2.75) is 19.0 Å². The van der Waals surface area contributed by atoms with Gasteiger partial charge in [0.15, 0.2) is 0 Å². The summed E-state index contributed by atoms with van der Waals surface area (Å²) in [7, 11) is 3.22. The van der Waals surface area contributed by atoms with E-state index in [2.05, 4.69) is 5.32 Å². The minimum atomic E-state index is -0.553. The Morgan fingerprint density at radius 2 is 1.46 bits per heavy atom. The summed E-state index contributed by atoms with van der Waals surface area (Å²) in [4.78, 5) is 26.4. The van der Waals surface area contributed by atoms with Crippen LogP contribution in [0.3, 0.4) is 0 Å². The van der Waals surface area contributed by atoms with Gasteiger partial charge in [0.1, 0.15) is 17.5 Å². The topological polar surface area (TPSA) is 67.9 Å². The number of carbonyl (C=O) groups is 2. The molecule has 1 atom stereocenters. The number of rotatable bonds is 6. The Bertz CT molecular complexity index is 708. The quantitative estimate of drug-likeness (QED) is 0.859. The molecular formula is C20H22N2O4. The van der Waals surface area contributed by atoms with Gasteiger partial charge >= 0.3 is 0 Å². The van der Waals surface area contributed by atoms with E-state index in [9.17, 15) is 9.59 Å². The van der Waals surface area contributed by atoms with Crippen molar-refractivity contribution in [1.29, 1.82) is 0 Å². The van der Waals surface area contributed by atoms with Gasteiger partial charge in [-0.05, 0) is 35.4 Å². The van der Waals surface area contributed by atoms with Crippen molar-refractivity contribution < 1.29 is 19.1 Å². The molecule has 1 N–H and O–H groups in total. The zero-order chi connectivity index (χ0) is 18.5. The van der Waals surface area contributed by atoms with Gasteiger partial charge in [-0.1, -0.05) is 24.3 Å². The Morgan fingerprint density at radius 3 is 2.00 bits per heavy atom. The molecule has 6 heteroatoms. The maximum absolute atomic E-state index is 12.8. The standard InChI is InChI=1S/C20H22N2O4/c1-25-16-7-3-14(4-8-16)11-18-20(24)22(13-19(23)21-18)12-15-5-9-17(26-2)10-6-15/h3-10,18H,11-13H2,1-2H3,(H,21,23). The molecule has 2 aromatic rings. The van der Waals surface area contributed by atoms with Crippen molar-refractivity contribution in [3.05, 3.63) is 59.7 Å². The normalized spacial score (nSPS) is 17.0. The van der Waals surface area contributed by atoms with E-state index in [4.69, 9.17) is 9.47 Å². The largest absolute Gasteiger partial charge is 0.497 e. The first-order valence-electron chi connectivity index (χ1n) is 8.43. The maximum atomic E-state index is 12.8. The van der Waals surface area contributed by atoms with Crippen LogP contribution < -0.4 is 14.8 Å². The zero-order valence-electron chi connectivity index (χ0n) is 14.9. The summed E-state index contributed by atoms with van der Waals surface area (Å²) in [6.07, 6.45) is 0.452. The highest BCUT2D eigenvalue weighted by Gasteiger charge is 2.32. The Labute approximate surface area is 152 Å². The van der Waals surface area contributed by atoms with Crippen LogP contribution in [-0.4, -0.2) is 43.5 Å². The van der Waals surface area contributed by atoms with Crippen molar-refractivity contribution in [2.75, 3.05) is 20.8 Å². The summed E-state index contributed by atoms with van der Waals surface area (Å²) >= 11 is 0. The third-order valence-electron chi connectivity index (χ3n) is 4.41. The van der Waals surface area contributed by atoms with Crippen LogP contribution in [-0.2, 0) is 22.6 Å². The Hall–Kier alpha value is -3.02. The Balaban J connectivity index is 1.69. The third kappa shape index (κ3) is 4.14. The molecule has 1 heterocycles. The van der Waals surface area contributed by atoms with Gasteiger partial charge in [-0.2, -0.15) is 0 Å². The summed E-state index contributed by atoms with van der Waals surface area (Å²) in [6.45, 7) is 0.472. The number of carbonyl (C=O) groups excluding carboxylic acids is 2. The lowest BCUT2D eigenvalue weighted by atomic mass is 10.0. The van der Waals surface area contributed by atoms with Gasteiger partial charge in [0.2, 0.25) is 11.8 Å². The van der Waals surface area contributed by atoms with Crippen LogP contribution in [0.1, 0.15) is 11.1 Å². The van der Waals surface area contributed by atoms with E-state index in [0.29, 0.717) is 13.0 Å². The second kappa shape index (κ2) is 7.91. The van der Waals surface area contributed by atoms with Gasteiger partial charge in [0.25, 0.3) is 0 Å². The van der Waals surface area contributed by atoms with Gasteiger partial charge in [-0.15, -0.1) is 0 Å². The van der Waals surface area contributed by atoms with Crippen molar-refractivity contribution in [2.24, 2.45) is 0 Å². The molecule has 6 nitrogen and oxygen atoms in total. The molecule has 1 fully saturated rings. The van der Waals surface area contributed by atoms with Crippen LogP contribution in [0.25, 0.3) is 0 Å². The lowest BCUT2D eigenvalue weighted by Crippen LogP contribution is -2.58. The summed E-state index contributed by atoms with van der Waals surface area (Å²) < 4.78 is 10.3. The molecule has 26 heavy (non-hydrogen) atoms. The van der Waals surface area contributed by atoms with Gasteiger partial charge < -0.3 is 19.7 Å². The first-order chi connectivity index (χ1) is 12.6. The van der Waals surface area contributed by atoms with E-state index in [1.54, 1.807) is 19.1 Å². The second-order valence-corrected chi connectivity index (χ2v) is 6.21. The van der Waals surface area contributed by atoms with Crippen molar-refractivity contribution >= 4 is 11.8 Å². The van der Waals surface area contributed by atoms with Crippen LogP contribution >= 0.6 is 0 Å². The zero-order valence-corrected chi connectivity index (χ0v) is 14.9. The molecule has 0 aliphatic carbocycles. The minimum absolute atomic E-state index is 0.0729. The molecule has 2 amide bonds. The Kier molecular flexibility index (Phi) is 5.41. The SMILES string of the molecule is COc1ccc(CC2NC(=O)CN(Cc3ccc(OC)cc3)C2=O)cc1. The first kappa shape index (κ1) is 17.8. The van der Waals surface area contributed by atoms with Crippen molar-refractivity contribution in [3.63, 3.8) is 0 Å². The lowest BCUT2D eigenvalue weighted by Gasteiger charge is -2.32. The van der Waals surface area contributed by atoms with Crippen LogP contribution in [0.4, 0.5) is 0 Å². The molecule has 136 valence electrons. The predicted molar refractivity (Wildman–Crippen MR) is 97.0 cm³/mol. The highest BCUT2D eigenvalue weighted by Crippen LogP contribution is 2.17. The first-order valence-corrected chi connectivity index (χ1v) is 8.43. The lowest BCUT2D eigenvalue weighted by molar-refractivity contribution is -0.144. The number of benzene rings is 2. The van der Waals surface area contributed by atoms with Gasteiger partial charge in [0, 0.05) is 13.0 Å². The van der Waals surface area contributed by atoms with Gasteiger partial charge in [-0.3, -0.25) is 9.59 Å². The predicted octanol–water partition coefficient (Wildman–Crippen LogP) is 1.77. The molecular weight excluding hydrogens is 332 g/mol. The molecule has 0 saturated carbocycles. The number of piperazine rings is 1. The fourth-order valence-corrected chi connectivity index (χ4v) is 2.99. The van der Waals surface area contributed by atoms with Gasteiger partial charge in [-0.25, -0.2) is 0 Å². The average molecular weight is 354 g/mol. The number of nitrogens with one attached hydrogen (secondary N) is 1. The van der Waals surface area contributed by atoms with E-state index in [1.807, 2.05) is 48.5 Å². The smallest absolute Gasteiger partial charge is 0.246 e. The Morgan fingerprint density at radius 1 is 0.923 bits per heavy atom. The van der Waals surface area contributed by atoms with Crippen LogP contribution in [0.15, 0.2) is 48.5 Å². The average Bonchev–Trinajstić information content (AvgIpc) is 2.66. The van der Waals surface area contributed by atoms with E-state index in [-0.39, 0.29) is 18.4 Å². The number of methoxy groups -OCH3 is 2. The molecule has 3 rings (SSSR count). The van der Waals surface area contributed by atoms with E-state index in [1.165, 1.54) is 0 Å². The monoisotopic (exact) mass is 354 g/mol. The molecule has 2 aromatic carbocycles. The third-order valence-corrected chi connectivity index (χ3v) is 4.41. The van der Waals surface area contributed by atoms with Crippen molar-refractivity contribution in [1.82, 2.24) is 10.2 Å².